The van der Waals surface area contributed by atoms with Gasteiger partial charge in [-0.3, -0.25) is 0 Å². The summed E-state index contributed by atoms with van der Waals surface area (Å²) in [5.41, 5.74) is 2.28. The van der Waals surface area contributed by atoms with Crippen LogP contribution in [0.1, 0.15) is 18.6 Å². The lowest BCUT2D eigenvalue weighted by Crippen LogP contribution is -2.06. The van der Waals surface area contributed by atoms with Crippen LogP contribution in [-0.2, 0) is 0 Å². The van der Waals surface area contributed by atoms with Gasteiger partial charge in [-0.05, 0) is 68.6 Å². The van der Waals surface area contributed by atoms with Crippen LogP contribution in [0.25, 0.3) is 11.3 Å². The first-order valence-electron chi connectivity index (χ1n) is 7.24. The Kier molecular flexibility index (Phi) is 5.56. The molecule has 128 valence electrons. The molecule has 0 amide bonds. The summed E-state index contributed by atoms with van der Waals surface area (Å²) in [6.45, 7) is 1.90. The molecule has 3 rings (SSSR count). The minimum atomic E-state index is -0.234. The van der Waals surface area contributed by atoms with Crippen LogP contribution in [0.2, 0.25) is 5.02 Å². The average molecular weight is 486 g/mol. The predicted octanol–water partition coefficient (Wildman–Crippen LogP) is 5.56. The van der Waals surface area contributed by atoms with Gasteiger partial charge in [-0.15, -0.1) is 5.10 Å². The molecule has 0 aliphatic heterocycles. The van der Waals surface area contributed by atoms with Crippen LogP contribution in [0, 0.1) is 0 Å². The van der Waals surface area contributed by atoms with Crippen molar-refractivity contribution in [2.75, 3.05) is 0 Å². The van der Waals surface area contributed by atoms with Gasteiger partial charge in [-0.2, -0.15) is 0 Å². The van der Waals surface area contributed by atoms with Crippen molar-refractivity contribution in [1.82, 2.24) is 15.2 Å². The standard InChI is InChI=1S/C17H12Br2ClN3O2/c1-9(10-2-4-12(20)5-3-10)25-17-21-8-15(22-23-17)11-6-13(18)16(24)14(19)7-11/h2-9,24H,1H3. The third-order valence-electron chi connectivity index (χ3n) is 3.47. The molecule has 0 fully saturated rings. The summed E-state index contributed by atoms with van der Waals surface area (Å²) in [6.07, 6.45) is 1.34. The van der Waals surface area contributed by atoms with E-state index in [9.17, 15) is 5.11 Å². The Balaban J connectivity index is 1.77. The van der Waals surface area contributed by atoms with Crippen molar-refractivity contribution in [3.63, 3.8) is 0 Å². The first-order chi connectivity index (χ1) is 11.9. The molecular formula is C17H12Br2ClN3O2. The number of rotatable bonds is 4. The largest absolute Gasteiger partial charge is 0.506 e. The summed E-state index contributed by atoms with van der Waals surface area (Å²) in [4.78, 5) is 4.20. The molecule has 0 aliphatic carbocycles. The summed E-state index contributed by atoms with van der Waals surface area (Å²) < 4.78 is 6.81. The summed E-state index contributed by atoms with van der Waals surface area (Å²) >= 11 is 12.5. The van der Waals surface area contributed by atoms with Gasteiger partial charge in [-0.25, -0.2) is 4.98 Å². The zero-order valence-electron chi connectivity index (χ0n) is 12.9. The average Bonchev–Trinajstić information content (AvgIpc) is 2.60. The maximum absolute atomic E-state index is 9.77. The van der Waals surface area contributed by atoms with Crippen molar-refractivity contribution in [3.05, 3.63) is 62.1 Å². The highest BCUT2D eigenvalue weighted by atomic mass is 79.9. The fraction of sp³-hybridized carbons (Fsp3) is 0.118. The fourth-order valence-electron chi connectivity index (χ4n) is 2.12. The van der Waals surface area contributed by atoms with Gasteiger partial charge in [-0.1, -0.05) is 28.8 Å². The summed E-state index contributed by atoms with van der Waals surface area (Å²) in [5.74, 6) is 0.126. The zero-order valence-corrected chi connectivity index (χ0v) is 16.9. The highest BCUT2D eigenvalue weighted by molar-refractivity contribution is 9.11. The van der Waals surface area contributed by atoms with E-state index in [1.54, 1.807) is 30.5 Å². The van der Waals surface area contributed by atoms with E-state index >= 15 is 0 Å². The Labute approximate surface area is 166 Å². The Hall–Kier alpha value is -1.70. The van der Waals surface area contributed by atoms with Crippen LogP contribution in [0.15, 0.2) is 51.5 Å². The van der Waals surface area contributed by atoms with Crippen molar-refractivity contribution >= 4 is 43.5 Å². The van der Waals surface area contributed by atoms with E-state index in [-0.39, 0.29) is 17.9 Å². The van der Waals surface area contributed by atoms with Crippen molar-refractivity contribution < 1.29 is 9.84 Å². The van der Waals surface area contributed by atoms with Gasteiger partial charge < -0.3 is 9.84 Å². The van der Waals surface area contributed by atoms with E-state index in [4.69, 9.17) is 16.3 Å². The fourth-order valence-corrected chi connectivity index (χ4v) is 3.44. The maximum atomic E-state index is 9.77. The van der Waals surface area contributed by atoms with E-state index < -0.39 is 0 Å². The topological polar surface area (TPSA) is 68.1 Å². The third-order valence-corrected chi connectivity index (χ3v) is 4.94. The highest BCUT2D eigenvalue weighted by Crippen LogP contribution is 2.36. The molecule has 1 N–H and O–H groups in total. The van der Waals surface area contributed by atoms with E-state index in [1.165, 1.54) is 0 Å². The molecule has 0 spiro atoms. The second kappa shape index (κ2) is 7.68. The Morgan fingerprint density at radius 1 is 1.08 bits per heavy atom. The zero-order chi connectivity index (χ0) is 18.0. The lowest BCUT2D eigenvalue weighted by Gasteiger charge is -2.13. The van der Waals surface area contributed by atoms with Crippen LogP contribution < -0.4 is 4.74 Å². The van der Waals surface area contributed by atoms with Crippen molar-refractivity contribution in [3.8, 4) is 23.0 Å². The summed E-state index contributed by atoms with van der Waals surface area (Å²) in [6, 6.07) is 11.0. The van der Waals surface area contributed by atoms with Crippen LogP contribution in [-0.4, -0.2) is 20.3 Å². The van der Waals surface area contributed by atoms with E-state index in [1.807, 2.05) is 19.1 Å². The second-order valence-electron chi connectivity index (χ2n) is 5.23. The predicted molar refractivity (Wildman–Crippen MR) is 103 cm³/mol. The molecule has 0 radical (unpaired) electrons. The molecule has 0 saturated heterocycles. The van der Waals surface area contributed by atoms with E-state index in [2.05, 4.69) is 47.0 Å². The number of nitrogens with zero attached hydrogens (tertiary/aromatic N) is 3. The van der Waals surface area contributed by atoms with E-state index in [0.717, 1.165) is 11.1 Å². The molecule has 5 nitrogen and oxygen atoms in total. The molecular weight excluding hydrogens is 473 g/mol. The maximum Gasteiger partial charge on any atom is 0.336 e. The number of hydrogen-bond acceptors (Lipinski definition) is 5. The molecule has 0 bridgehead atoms. The SMILES string of the molecule is CC(Oc1ncc(-c2cc(Br)c(O)c(Br)c2)nn1)c1ccc(Cl)cc1. The van der Waals surface area contributed by atoms with Crippen LogP contribution in [0.4, 0.5) is 0 Å². The number of aromatic hydroxyl groups is 1. The smallest absolute Gasteiger partial charge is 0.336 e. The molecule has 2 aromatic carbocycles. The molecule has 8 heteroatoms. The first kappa shape index (κ1) is 18.1. The molecule has 3 aromatic rings. The molecule has 0 saturated carbocycles. The number of halogens is 3. The Morgan fingerprint density at radius 2 is 1.72 bits per heavy atom. The third kappa shape index (κ3) is 4.29. The van der Waals surface area contributed by atoms with Gasteiger partial charge in [0.25, 0.3) is 0 Å². The molecule has 1 atom stereocenters. The molecule has 25 heavy (non-hydrogen) atoms. The van der Waals surface area contributed by atoms with Gasteiger partial charge in [0, 0.05) is 10.6 Å². The van der Waals surface area contributed by atoms with Gasteiger partial charge >= 0.3 is 6.01 Å². The summed E-state index contributed by atoms with van der Waals surface area (Å²) in [7, 11) is 0. The van der Waals surface area contributed by atoms with Crippen LogP contribution in [0.5, 0.6) is 11.8 Å². The van der Waals surface area contributed by atoms with Gasteiger partial charge in [0.15, 0.2) is 0 Å². The number of hydrogen-bond donors (Lipinski definition) is 1. The van der Waals surface area contributed by atoms with Crippen molar-refractivity contribution in [2.45, 2.75) is 13.0 Å². The Bertz CT molecular complexity index is 866. The van der Waals surface area contributed by atoms with Crippen LogP contribution >= 0.6 is 43.5 Å². The number of benzene rings is 2. The second-order valence-corrected chi connectivity index (χ2v) is 7.37. The van der Waals surface area contributed by atoms with Gasteiger partial charge in [0.1, 0.15) is 17.5 Å². The number of phenols is 1. The van der Waals surface area contributed by atoms with Gasteiger partial charge in [0.2, 0.25) is 0 Å². The molecule has 1 aromatic heterocycles. The minimum absolute atomic E-state index is 0.126. The summed E-state index contributed by atoms with van der Waals surface area (Å²) in [5, 5.41) is 18.6. The molecule has 1 heterocycles. The van der Waals surface area contributed by atoms with E-state index in [0.29, 0.717) is 19.7 Å². The minimum Gasteiger partial charge on any atom is -0.506 e. The van der Waals surface area contributed by atoms with Crippen molar-refractivity contribution in [1.29, 1.82) is 0 Å². The lowest BCUT2D eigenvalue weighted by atomic mass is 10.1. The first-order valence-corrected chi connectivity index (χ1v) is 9.20. The van der Waals surface area contributed by atoms with Crippen molar-refractivity contribution in [2.24, 2.45) is 0 Å². The highest BCUT2D eigenvalue weighted by Gasteiger charge is 2.12. The van der Waals surface area contributed by atoms with Crippen LogP contribution in [0.3, 0.4) is 0 Å². The normalized spacial score (nSPS) is 12.0. The number of aromatic nitrogens is 3. The monoisotopic (exact) mass is 483 g/mol. The number of ether oxygens (including phenoxy) is 1. The molecule has 0 aliphatic rings. The quantitative estimate of drug-likeness (QED) is 0.524. The molecule has 1 unspecified atom stereocenters. The number of phenolic OH excluding ortho intramolecular Hbond substituents is 1. The van der Waals surface area contributed by atoms with Gasteiger partial charge in [0.05, 0.1) is 15.1 Å². The lowest BCUT2D eigenvalue weighted by molar-refractivity contribution is 0.204. The Morgan fingerprint density at radius 3 is 2.28 bits per heavy atom.